The Morgan fingerprint density at radius 2 is 1.67 bits per heavy atom. The zero-order valence-corrected chi connectivity index (χ0v) is 8.16. The Bertz CT molecular complexity index is 451. The predicted molar refractivity (Wildman–Crippen MR) is 43.3 cm³/mol. The largest absolute Gasteiger partial charge is 0.285 e. The molecule has 15 heavy (non-hydrogen) atoms. The average Bonchev–Trinajstić information content (AvgIpc) is 2.09. The Kier molecular flexibility index (Phi) is 2.92. The van der Waals surface area contributed by atoms with Gasteiger partial charge in [0.25, 0.3) is 10.1 Å². The molecule has 0 aromatic rings. The molecule has 2 atom stereocenters. The lowest BCUT2D eigenvalue weighted by atomic mass is 10.0. The maximum absolute atomic E-state index is 13.0. The SMILES string of the molecule is CC1=C(F)C(F)C(S(=O)(=O)O)C(F)=C1F. The Hall–Kier alpha value is -0.890. The lowest BCUT2D eigenvalue weighted by Crippen LogP contribution is -2.35. The molecule has 2 unspecified atom stereocenters. The maximum atomic E-state index is 13.0. The summed E-state index contributed by atoms with van der Waals surface area (Å²) in [5.41, 5.74) is -0.945. The molecule has 1 rings (SSSR count). The summed E-state index contributed by atoms with van der Waals surface area (Å²) in [6, 6.07) is 0. The van der Waals surface area contributed by atoms with Gasteiger partial charge >= 0.3 is 0 Å². The number of allylic oxidation sites excluding steroid dienone is 3. The number of hydrogen-bond donors (Lipinski definition) is 1. The average molecular weight is 246 g/mol. The van der Waals surface area contributed by atoms with E-state index < -0.39 is 44.6 Å². The summed E-state index contributed by atoms with van der Waals surface area (Å²) < 4.78 is 81.0. The van der Waals surface area contributed by atoms with Crippen molar-refractivity contribution < 1.29 is 30.5 Å². The second kappa shape index (κ2) is 3.60. The van der Waals surface area contributed by atoms with Crippen LogP contribution in [0.1, 0.15) is 6.92 Å². The highest BCUT2D eigenvalue weighted by atomic mass is 32.2. The summed E-state index contributed by atoms with van der Waals surface area (Å²) in [5, 5.41) is -2.86. The van der Waals surface area contributed by atoms with Crippen molar-refractivity contribution in [2.75, 3.05) is 0 Å². The molecule has 3 nitrogen and oxygen atoms in total. The fourth-order valence-corrected chi connectivity index (χ4v) is 1.95. The fourth-order valence-electron chi connectivity index (χ4n) is 1.16. The topological polar surface area (TPSA) is 54.4 Å². The van der Waals surface area contributed by atoms with Crippen LogP contribution in [0.15, 0.2) is 23.1 Å². The van der Waals surface area contributed by atoms with Crippen LogP contribution in [0.5, 0.6) is 0 Å². The quantitative estimate of drug-likeness (QED) is 0.568. The van der Waals surface area contributed by atoms with E-state index >= 15 is 0 Å². The second-order valence-electron chi connectivity index (χ2n) is 2.97. The van der Waals surface area contributed by atoms with E-state index in [2.05, 4.69) is 0 Å². The molecule has 1 aliphatic rings. The minimum atomic E-state index is -5.24. The Morgan fingerprint density at radius 3 is 2.07 bits per heavy atom. The van der Waals surface area contributed by atoms with Crippen LogP contribution in [-0.4, -0.2) is 24.4 Å². The minimum absolute atomic E-state index is 0.761. The molecule has 0 bridgehead atoms. The van der Waals surface area contributed by atoms with Crippen LogP contribution < -0.4 is 0 Å². The van der Waals surface area contributed by atoms with Gasteiger partial charge in [-0.3, -0.25) is 4.55 Å². The summed E-state index contributed by atoms with van der Waals surface area (Å²) in [4.78, 5) is 0. The lowest BCUT2D eigenvalue weighted by molar-refractivity contribution is 0.281. The molecule has 0 fully saturated rings. The first-order valence-electron chi connectivity index (χ1n) is 3.70. The predicted octanol–water partition coefficient (Wildman–Crippen LogP) is 1.99. The van der Waals surface area contributed by atoms with E-state index in [1.54, 1.807) is 0 Å². The van der Waals surface area contributed by atoms with Gasteiger partial charge in [-0.2, -0.15) is 8.42 Å². The fraction of sp³-hybridized carbons (Fsp3) is 0.429. The molecule has 0 aromatic carbocycles. The number of halogens is 4. The molecule has 0 amide bonds. The molecular formula is C7H6F4O3S. The van der Waals surface area contributed by atoms with Crippen molar-refractivity contribution in [3.8, 4) is 0 Å². The van der Waals surface area contributed by atoms with Gasteiger partial charge in [0.2, 0.25) is 0 Å². The lowest BCUT2D eigenvalue weighted by Gasteiger charge is -2.21. The second-order valence-corrected chi connectivity index (χ2v) is 4.51. The van der Waals surface area contributed by atoms with Crippen molar-refractivity contribution in [2.45, 2.75) is 18.3 Å². The van der Waals surface area contributed by atoms with E-state index in [1.165, 1.54) is 0 Å². The first-order valence-corrected chi connectivity index (χ1v) is 5.20. The van der Waals surface area contributed by atoms with Gasteiger partial charge in [-0.15, -0.1) is 0 Å². The molecule has 0 heterocycles. The van der Waals surface area contributed by atoms with Gasteiger partial charge in [-0.25, -0.2) is 17.6 Å². The zero-order valence-electron chi connectivity index (χ0n) is 7.34. The van der Waals surface area contributed by atoms with Crippen molar-refractivity contribution in [3.05, 3.63) is 23.1 Å². The van der Waals surface area contributed by atoms with Crippen LogP contribution in [-0.2, 0) is 10.1 Å². The van der Waals surface area contributed by atoms with Gasteiger partial charge < -0.3 is 0 Å². The van der Waals surface area contributed by atoms with E-state index in [0.29, 0.717) is 0 Å². The number of rotatable bonds is 1. The van der Waals surface area contributed by atoms with Crippen LogP contribution in [0.25, 0.3) is 0 Å². The number of hydrogen-bond acceptors (Lipinski definition) is 2. The minimum Gasteiger partial charge on any atom is -0.285 e. The van der Waals surface area contributed by atoms with E-state index in [9.17, 15) is 26.0 Å². The molecular weight excluding hydrogens is 240 g/mol. The normalized spacial score (nSPS) is 28.7. The monoisotopic (exact) mass is 246 g/mol. The highest BCUT2D eigenvalue weighted by molar-refractivity contribution is 7.86. The van der Waals surface area contributed by atoms with E-state index in [0.717, 1.165) is 6.92 Å². The summed E-state index contributed by atoms with van der Waals surface area (Å²) in [7, 11) is -5.24. The van der Waals surface area contributed by atoms with Crippen LogP contribution in [0.4, 0.5) is 17.6 Å². The molecule has 1 aliphatic carbocycles. The first-order chi connectivity index (χ1) is 6.68. The molecule has 0 aliphatic heterocycles. The van der Waals surface area contributed by atoms with Crippen LogP contribution in [0, 0.1) is 0 Å². The maximum Gasteiger partial charge on any atom is 0.277 e. The van der Waals surface area contributed by atoms with Gasteiger partial charge in [-0.05, 0) is 6.92 Å². The van der Waals surface area contributed by atoms with Crippen LogP contribution in [0.3, 0.4) is 0 Å². The zero-order chi connectivity index (χ0) is 12.0. The van der Waals surface area contributed by atoms with Crippen molar-refractivity contribution in [3.63, 3.8) is 0 Å². The third-order valence-electron chi connectivity index (χ3n) is 1.98. The third-order valence-corrected chi connectivity index (χ3v) is 3.06. The summed E-state index contributed by atoms with van der Waals surface area (Å²) in [6.45, 7) is 0.761. The van der Waals surface area contributed by atoms with Crippen molar-refractivity contribution in [2.24, 2.45) is 0 Å². The van der Waals surface area contributed by atoms with Crippen LogP contribution in [0.2, 0.25) is 0 Å². The Labute approximate surface area is 82.8 Å². The smallest absolute Gasteiger partial charge is 0.277 e. The van der Waals surface area contributed by atoms with Gasteiger partial charge in [0, 0.05) is 5.57 Å². The Balaban J connectivity index is 3.40. The molecule has 8 heteroatoms. The van der Waals surface area contributed by atoms with Crippen molar-refractivity contribution in [1.82, 2.24) is 0 Å². The highest BCUT2D eigenvalue weighted by Crippen LogP contribution is 2.37. The van der Waals surface area contributed by atoms with Crippen LogP contribution >= 0.6 is 0 Å². The molecule has 86 valence electrons. The van der Waals surface area contributed by atoms with Gasteiger partial charge in [0.15, 0.2) is 23.1 Å². The molecule has 0 saturated carbocycles. The van der Waals surface area contributed by atoms with E-state index in [-0.39, 0.29) is 0 Å². The first kappa shape index (κ1) is 12.2. The Morgan fingerprint density at radius 1 is 1.20 bits per heavy atom. The molecule has 1 N–H and O–H groups in total. The number of alkyl halides is 1. The van der Waals surface area contributed by atoms with Gasteiger partial charge in [-0.1, -0.05) is 0 Å². The van der Waals surface area contributed by atoms with E-state index in [1.807, 2.05) is 0 Å². The summed E-state index contributed by atoms with van der Waals surface area (Å²) in [6.07, 6.45) is -2.93. The summed E-state index contributed by atoms with van der Waals surface area (Å²) >= 11 is 0. The third kappa shape index (κ3) is 1.91. The molecule has 0 radical (unpaired) electrons. The molecule has 0 spiro atoms. The molecule has 0 saturated heterocycles. The van der Waals surface area contributed by atoms with E-state index in [4.69, 9.17) is 4.55 Å². The van der Waals surface area contributed by atoms with Gasteiger partial charge in [0.1, 0.15) is 5.83 Å². The van der Waals surface area contributed by atoms with Gasteiger partial charge in [0.05, 0.1) is 0 Å². The van der Waals surface area contributed by atoms with Crippen molar-refractivity contribution in [1.29, 1.82) is 0 Å². The van der Waals surface area contributed by atoms with Crippen molar-refractivity contribution >= 4 is 10.1 Å². The summed E-state index contributed by atoms with van der Waals surface area (Å²) in [5.74, 6) is -5.57. The molecule has 0 aromatic heterocycles. The highest BCUT2D eigenvalue weighted by Gasteiger charge is 2.45. The standard InChI is InChI=1S/C7H6F4O3S/c1-2-3(8)5(10)7(15(12,13)14)6(11)4(2)9/h5,7H,1H3,(H,12,13,14).